The van der Waals surface area contributed by atoms with Crippen molar-refractivity contribution in [3.05, 3.63) is 89.0 Å². The number of thiophene rings is 1. The molecule has 1 radical (unpaired) electrons. The van der Waals surface area contributed by atoms with E-state index in [1.54, 1.807) is 11.3 Å². The minimum atomic E-state index is -0.125. The van der Waals surface area contributed by atoms with Gasteiger partial charge < -0.3 is 5.11 Å². The zero-order valence-electron chi connectivity index (χ0n) is 18.9. The largest absolute Gasteiger partial charge is 0.512 e. The first-order valence-electron chi connectivity index (χ1n) is 10.4. The summed E-state index contributed by atoms with van der Waals surface area (Å²) in [5.74, 6) is -0.0625. The molecule has 0 bridgehead atoms. The van der Waals surface area contributed by atoms with Crippen molar-refractivity contribution in [2.75, 3.05) is 0 Å². The summed E-state index contributed by atoms with van der Waals surface area (Å²) >= 11 is 1.75. The van der Waals surface area contributed by atoms with E-state index in [0.29, 0.717) is 0 Å². The molecule has 5 heteroatoms. The molecule has 3 aromatic carbocycles. The Morgan fingerprint density at radius 3 is 2.45 bits per heavy atom. The molecule has 0 saturated carbocycles. The molecule has 0 atom stereocenters. The number of nitrogens with zero attached hydrogens (tertiary/aromatic N) is 1. The summed E-state index contributed by atoms with van der Waals surface area (Å²) in [6.07, 6.45) is 1.17. The van der Waals surface area contributed by atoms with Gasteiger partial charge in [0, 0.05) is 42.0 Å². The molecule has 0 fully saturated rings. The van der Waals surface area contributed by atoms with E-state index < -0.39 is 0 Å². The van der Waals surface area contributed by atoms with Gasteiger partial charge in [-0.15, -0.1) is 40.5 Å². The Kier molecular flexibility index (Phi) is 7.80. The molecule has 0 aliphatic rings. The number of pyridine rings is 1. The average Bonchev–Trinajstić information content (AvgIpc) is 3.23. The monoisotopic (exact) mass is 631 g/mol. The third kappa shape index (κ3) is 5.39. The number of benzene rings is 3. The van der Waals surface area contributed by atoms with Crippen molar-refractivity contribution in [3.63, 3.8) is 0 Å². The van der Waals surface area contributed by atoms with Gasteiger partial charge in [0.1, 0.15) is 0 Å². The van der Waals surface area contributed by atoms with Gasteiger partial charge in [-0.25, -0.2) is 0 Å². The summed E-state index contributed by atoms with van der Waals surface area (Å²) in [4.78, 5) is 15.0. The molecule has 169 valence electrons. The van der Waals surface area contributed by atoms with Crippen molar-refractivity contribution in [2.45, 2.75) is 27.7 Å². The number of aromatic nitrogens is 1. The third-order valence-corrected chi connectivity index (χ3v) is 6.13. The first kappa shape index (κ1) is 24.8. The van der Waals surface area contributed by atoms with Crippen molar-refractivity contribution in [2.24, 2.45) is 0 Å². The van der Waals surface area contributed by atoms with E-state index in [1.807, 2.05) is 0 Å². The Morgan fingerprint density at radius 2 is 1.76 bits per heavy atom. The summed E-state index contributed by atoms with van der Waals surface area (Å²) in [6.45, 7) is 7.15. The number of para-hydroxylation sites is 1. The van der Waals surface area contributed by atoms with Crippen LogP contribution in [0.5, 0.6) is 0 Å². The van der Waals surface area contributed by atoms with Crippen LogP contribution in [0.2, 0.25) is 0 Å². The molecule has 2 aromatic heterocycles. The first-order valence-corrected chi connectivity index (χ1v) is 11.3. The second-order valence-corrected chi connectivity index (χ2v) is 8.87. The van der Waals surface area contributed by atoms with E-state index in [4.69, 9.17) is 10.1 Å². The number of rotatable bonds is 2. The number of aliphatic hydroxyl groups is 1. The van der Waals surface area contributed by atoms with Crippen LogP contribution in [0.3, 0.4) is 0 Å². The molecule has 0 spiro atoms. The minimum absolute atomic E-state index is 0. The zero-order valence-corrected chi connectivity index (χ0v) is 22.1. The molecule has 1 N–H and O–H groups in total. The fourth-order valence-electron chi connectivity index (χ4n) is 3.85. The maximum Gasteiger partial charge on any atom is 0.155 e. The summed E-state index contributed by atoms with van der Waals surface area (Å²) in [5, 5.41) is 15.4. The van der Waals surface area contributed by atoms with Crippen LogP contribution in [0.25, 0.3) is 43.0 Å². The van der Waals surface area contributed by atoms with Crippen LogP contribution in [0.4, 0.5) is 0 Å². The number of carbonyl (C=O) groups excluding carboxylic acids is 1. The zero-order chi connectivity index (χ0) is 22.8. The van der Waals surface area contributed by atoms with Gasteiger partial charge >= 0.3 is 0 Å². The van der Waals surface area contributed by atoms with E-state index in [2.05, 4.69) is 79.9 Å². The number of hydrogen-bond acceptors (Lipinski definition) is 4. The molecule has 3 nitrogen and oxygen atoms in total. The average molecular weight is 631 g/mol. The van der Waals surface area contributed by atoms with Gasteiger partial charge in [-0.2, -0.15) is 0 Å². The summed E-state index contributed by atoms with van der Waals surface area (Å²) < 4.78 is 1.24. The number of hydrogen-bond donors (Lipinski definition) is 1. The van der Waals surface area contributed by atoms with Crippen molar-refractivity contribution in [3.8, 4) is 11.3 Å². The van der Waals surface area contributed by atoms with Crippen molar-refractivity contribution in [1.29, 1.82) is 0 Å². The molecule has 33 heavy (non-hydrogen) atoms. The second-order valence-electron chi connectivity index (χ2n) is 7.95. The van der Waals surface area contributed by atoms with E-state index in [0.717, 1.165) is 22.2 Å². The first-order chi connectivity index (χ1) is 15.3. The van der Waals surface area contributed by atoms with Gasteiger partial charge in [-0.3, -0.25) is 9.78 Å². The molecular weight excluding hydrogens is 607 g/mol. The molecule has 0 amide bonds. The second kappa shape index (κ2) is 10.4. The number of aryl methyl sites for hydroxylation is 2. The normalized spacial score (nSPS) is 11.2. The number of ketones is 1. The van der Waals surface area contributed by atoms with Crippen molar-refractivity contribution in [1.82, 2.24) is 4.98 Å². The standard InChI is InChI=1S/C23H16NS.C5H8O2.Ir/c1-14-7-8-16-13-17(12-15(2)20(16)11-14)22-23-19(9-10-25-23)18-5-3-4-6-21(18)24-22;1-4(6)3-5(2)7;/h3-12H,1-2H3;3,6H,1-2H3;/q-1;;/b;4-3-;. The Balaban J connectivity index is 0.000000337. The fourth-order valence-corrected chi connectivity index (χ4v) is 4.76. The number of aliphatic hydroxyl groups excluding tert-OH is 1. The summed E-state index contributed by atoms with van der Waals surface area (Å²) in [5.41, 5.74) is 5.70. The van der Waals surface area contributed by atoms with Gasteiger partial charge in [0.25, 0.3) is 0 Å². The molecular formula is C28H24IrNO2S-. The van der Waals surface area contributed by atoms with Crippen LogP contribution in [-0.4, -0.2) is 15.9 Å². The SMILES string of the molecule is CC(=O)/C=C(/C)O.Cc1ccc2[c-]c(-c3nc4ccccc4c4ccsc34)cc(C)c2c1.[Ir]. The Labute approximate surface area is 211 Å². The minimum Gasteiger partial charge on any atom is -0.512 e. The smallest absolute Gasteiger partial charge is 0.155 e. The molecule has 5 aromatic rings. The number of allylic oxidation sites excluding steroid dienone is 2. The van der Waals surface area contributed by atoms with Crippen molar-refractivity contribution >= 4 is 48.9 Å². The van der Waals surface area contributed by atoms with Crippen LogP contribution in [0.1, 0.15) is 25.0 Å². The van der Waals surface area contributed by atoms with Gasteiger partial charge in [-0.05, 0) is 43.7 Å². The summed E-state index contributed by atoms with van der Waals surface area (Å²) in [6, 6.07) is 22.9. The predicted molar refractivity (Wildman–Crippen MR) is 135 cm³/mol. The molecule has 0 aliphatic heterocycles. The van der Waals surface area contributed by atoms with Gasteiger partial charge in [0.2, 0.25) is 0 Å². The maximum absolute atomic E-state index is 10.0. The maximum atomic E-state index is 10.0. The Bertz CT molecular complexity index is 1500. The van der Waals surface area contributed by atoms with Crippen LogP contribution < -0.4 is 0 Å². The van der Waals surface area contributed by atoms with E-state index in [-0.39, 0.29) is 31.6 Å². The van der Waals surface area contributed by atoms with Crippen LogP contribution in [0.15, 0.2) is 71.8 Å². The Hall–Kier alpha value is -2.85. The molecule has 5 rings (SSSR count). The van der Waals surface area contributed by atoms with Crippen molar-refractivity contribution < 1.29 is 30.0 Å². The molecule has 0 saturated heterocycles. The molecule has 0 aliphatic carbocycles. The van der Waals surface area contributed by atoms with Crippen LogP contribution in [0, 0.1) is 19.9 Å². The van der Waals surface area contributed by atoms with E-state index in [1.165, 1.54) is 51.9 Å². The number of fused-ring (bicyclic) bond motifs is 4. The summed E-state index contributed by atoms with van der Waals surface area (Å²) in [7, 11) is 0. The van der Waals surface area contributed by atoms with Crippen LogP contribution in [-0.2, 0) is 24.9 Å². The van der Waals surface area contributed by atoms with Gasteiger partial charge in [0.05, 0.1) is 11.3 Å². The predicted octanol–water partition coefficient (Wildman–Crippen LogP) is 7.72. The molecule has 0 unspecified atom stereocenters. The van der Waals surface area contributed by atoms with E-state index in [9.17, 15) is 4.79 Å². The topological polar surface area (TPSA) is 50.2 Å². The molecule has 2 heterocycles. The number of carbonyl (C=O) groups is 1. The fraction of sp³-hybridized carbons (Fsp3) is 0.143. The van der Waals surface area contributed by atoms with E-state index >= 15 is 0 Å². The van der Waals surface area contributed by atoms with Crippen LogP contribution >= 0.6 is 11.3 Å². The van der Waals surface area contributed by atoms with Gasteiger partial charge in [-0.1, -0.05) is 53.8 Å². The quantitative estimate of drug-likeness (QED) is 0.123. The Morgan fingerprint density at radius 1 is 1.00 bits per heavy atom. The van der Waals surface area contributed by atoms with Gasteiger partial charge in [0.15, 0.2) is 5.78 Å². The third-order valence-electron chi connectivity index (χ3n) is 5.20.